The predicted molar refractivity (Wildman–Crippen MR) is 96.3 cm³/mol. The van der Waals surface area contributed by atoms with Crippen molar-refractivity contribution in [1.82, 2.24) is 0 Å². The molecule has 0 aromatic heterocycles. The first-order chi connectivity index (χ1) is 10.0. The lowest BCUT2D eigenvalue weighted by atomic mass is 9.88. The second kappa shape index (κ2) is 5.73. The molecule has 1 aliphatic carbocycles. The zero-order chi connectivity index (χ0) is 15.1. The third-order valence-electron chi connectivity index (χ3n) is 4.15. The summed E-state index contributed by atoms with van der Waals surface area (Å²) >= 11 is 16.6. The van der Waals surface area contributed by atoms with Crippen LogP contribution in [-0.4, -0.2) is 16.8 Å². The highest BCUT2D eigenvalue weighted by molar-refractivity contribution is 7.98. The summed E-state index contributed by atoms with van der Waals surface area (Å²) in [4.78, 5) is 2.50. The highest BCUT2D eigenvalue weighted by atomic mass is 35.5. The normalized spacial score (nSPS) is 18.5. The van der Waals surface area contributed by atoms with Gasteiger partial charge >= 0.3 is 0 Å². The van der Waals surface area contributed by atoms with Crippen LogP contribution < -0.4 is 0 Å². The molecule has 0 unspecified atom stereocenters. The van der Waals surface area contributed by atoms with Crippen molar-refractivity contribution in [2.45, 2.75) is 26.0 Å². The first-order valence-electron chi connectivity index (χ1n) is 6.70. The maximum Gasteiger partial charge on any atom is 0.133 e. The molecule has 0 nitrogen and oxygen atoms in total. The van der Waals surface area contributed by atoms with E-state index in [2.05, 4.69) is 61.0 Å². The zero-order valence-electron chi connectivity index (χ0n) is 11.9. The minimum atomic E-state index is -0.714. The SMILES string of the molecule is CSc1ccc(C2(c3ccc(SC)cc3)CC2(Cl)Cl)cc1. The van der Waals surface area contributed by atoms with Crippen LogP contribution >= 0.6 is 46.7 Å². The number of thioether (sulfide) groups is 2. The molecule has 0 amide bonds. The Hall–Kier alpha value is -0.280. The molecule has 1 fully saturated rings. The number of halogens is 2. The van der Waals surface area contributed by atoms with Gasteiger partial charge in [-0.1, -0.05) is 24.3 Å². The van der Waals surface area contributed by atoms with E-state index in [0.29, 0.717) is 0 Å². The molecule has 0 aliphatic heterocycles. The highest BCUT2D eigenvalue weighted by Gasteiger charge is 2.68. The number of hydrogen-bond donors (Lipinski definition) is 0. The highest BCUT2D eigenvalue weighted by Crippen LogP contribution is 2.68. The molecular weight excluding hydrogens is 339 g/mol. The van der Waals surface area contributed by atoms with Crippen LogP contribution in [0.5, 0.6) is 0 Å². The molecule has 4 heteroatoms. The van der Waals surface area contributed by atoms with Gasteiger partial charge in [-0.2, -0.15) is 0 Å². The van der Waals surface area contributed by atoms with Gasteiger partial charge < -0.3 is 0 Å². The summed E-state index contributed by atoms with van der Waals surface area (Å²) in [5, 5.41) is 0. The van der Waals surface area contributed by atoms with E-state index in [1.54, 1.807) is 23.5 Å². The van der Waals surface area contributed by atoms with E-state index in [4.69, 9.17) is 23.2 Å². The number of rotatable bonds is 4. The summed E-state index contributed by atoms with van der Waals surface area (Å²) in [5.41, 5.74) is 2.12. The molecule has 0 heterocycles. The van der Waals surface area contributed by atoms with E-state index in [0.717, 1.165) is 6.42 Å². The molecule has 2 aromatic rings. The molecule has 0 atom stereocenters. The molecule has 21 heavy (non-hydrogen) atoms. The molecule has 1 aliphatic rings. The van der Waals surface area contributed by atoms with Crippen LogP contribution in [0.4, 0.5) is 0 Å². The number of hydrogen-bond acceptors (Lipinski definition) is 2. The Kier molecular flexibility index (Phi) is 4.26. The van der Waals surface area contributed by atoms with Crippen LogP contribution in [0.25, 0.3) is 0 Å². The maximum atomic E-state index is 6.54. The summed E-state index contributed by atoms with van der Waals surface area (Å²) in [5.74, 6) is 0. The first-order valence-corrected chi connectivity index (χ1v) is 9.91. The van der Waals surface area contributed by atoms with E-state index < -0.39 is 4.33 Å². The van der Waals surface area contributed by atoms with Crippen molar-refractivity contribution in [3.8, 4) is 0 Å². The fraction of sp³-hybridized carbons (Fsp3) is 0.294. The Bertz CT molecular complexity index is 585. The van der Waals surface area contributed by atoms with Gasteiger partial charge in [0.1, 0.15) is 4.33 Å². The minimum Gasteiger partial charge on any atom is -0.130 e. The summed E-state index contributed by atoms with van der Waals surface area (Å²) < 4.78 is -0.714. The predicted octanol–water partition coefficient (Wildman–Crippen LogP) is 5.99. The van der Waals surface area contributed by atoms with Crippen LogP contribution in [0.2, 0.25) is 0 Å². The van der Waals surface area contributed by atoms with E-state index >= 15 is 0 Å². The summed E-state index contributed by atoms with van der Waals surface area (Å²) in [7, 11) is 0. The van der Waals surface area contributed by atoms with Crippen molar-refractivity contribution in [2.24, 2.45) is 0 Å². The Labute approximate surface area is 144 Å². The van der Waals surface area contributed by atoms with Gasteiger partial charge in [0.05, 0.1) is 5.41 Å². The standard InChI is InChI=1S/C17H16Cl2S2/c1-20-14-7-3-12(4-8-14)16(11-17(16,18)19)13-5-9-15(21-2)10-6-13/h3-10H,11H2,1-2H3. The lowest BCUT2D eigenvalue weighted by Gasteiger charge is -2.20. The van der Waals surface area contributed by atoms with Crippen LogP contribution in [0.3, 0.4) is 0 Å². The molecule has 2 aromatic carbocycles. The fourth-order valence-electron chi connectivity index (χ4n) is 2.83. The lowest BCUT2D eigenvalue weighted by molar-refractivity contribution is 0.829. The third-order valence-corrected chi connectivity index (χ3v) is 6.55. The third kappa shape index (κ3) is 2.61. The van der Waals surface area contributed by atoms with Crippen molar-refractivity contribution in [1.29, 1.82) is 0 Å². The van der Waals surface area contributed by atoms with Gasteiger partial charge in [0.2, 0.25) is 0 Å². The van der Waals surface area contributed by atoms with Gasteiger partial charge in [0, 0.05) is 9.79 Å². The van der Waals surface area contributed by atoms with E-state index in [1.807, 2.05) is 0 Å². The Morgan fingerprint density at radius 2 is 1.10 bits per heavy atom. The monoisotopic (exact) mass is 354 g/mol. The van der Waals surface area contributed by atoms with Crippen LogP contribution in [0.1, 0.15) is 17.5 Å². The molecular formula is C17H16Cl2S2. The average molecular weight is 355 g/mol. The fourth-order valence-corrected chi connectivity index (χ4v) is 4.49. The molecule has 1 saturated carbocycles. The van der Waals surface area contributed by atoms with Crippen LogP contribution in [0, 0.1) is 0 Å². The number of alkyl halides is 2. The summed E-state index contributed by atoms with van der Waals surface area (Å²) in [6, 6.07) is 17.2. The quantitative estimate of drug-likeness (QED) is 0.488. The molecule has 0 spiro atoms. The van der Waals surface area contributed by atoms with Crippen molar-refractivity contribution >= 4 is 46.7 Å². The molecule has 0 saturated heterocycles. The molecule has 0 N–H and O–H groups in total. The zero-order valence-corrected chi connectivity index (χ0v) is 15.0. The van der Waals surface area contributed by atoms with E-state index in [9.17, 15) is 0 Å². The van der Waals surface area contributed by atoms with Gasteiger partial charge in [-0.3, -0.25) is 0 Å². The summed E-state index contributed by atoms with van der Waals surface area (Å²) in [6.07, 6.45) is 4.92. The van der Waals surface area contributed by atoms with E-state index in [1.165, 1.54) is 20.9 Å². The van der Waals surface area contributed by atoms with Gasteiger partial charge in [-0.25, -0.2) is 0 Å². The topological polar surface area (TPSA) is 0 Å². The molecule has 0 bridgehead atoms. The lowest BCUT2D eigenvalue weighted by Crippen LogP contribution is -2.16. The van der Waals surface area contributed by atoms with Gasteiger partial charge in [-0.05, 0) is 54.3 Å². The average Bonchev–Trinajstić information content (AvgIpc) is 3.11. The maximum absolute atomic E-state index is 6.54. The van der Waals surface area contributed by atoms with E-state index in [-0.39, 0.29) is 5.41 Å². The summed E-state index contributed by atoms with van der Waals surface area (Å²) in [6.45, 7) is 0. The van der Waals surface area contributed by atoms with Gasteiger partial charge in [0.15, 0.2) is 0 Å². The Morgan fingerprint density at radius 1 is 0.762 bits per heavy atom. The van der Waals surface area contributed by atoms with Crippen LogP contribution in [-0.2, 0) is 5.41 Å². The van der Waals surface area contributed by atoms with Crippen LogP contribution in [0.15, 0.2) is 58.3 Å². The largest absolute Gasteiger partial charge is 0.133 e. The minimum absolute atomic E-state index is 0.274. The van der Waals surface area contributed by atoms with Gasteiger partial charge in [0.25, 0.3) is 0 Å². The van der Waals surface area contributed by atoms with Crippen molar-refractivity contribution in [2.75, 3.05) is 12.5 Å². The van der Waals surface area contributed by atoms with Crippen molar-refractivity contribution in [3.05, 3.63) is 59.7 Å². The molecule has 0 radical (unpaired) electrons. The Balaban J connectivity index is 2.03. The molecule has 110 valence electrons. The second-order valence-corrected chi connectivity index (χ2v) is 8.49. The number of benzene rings is 2. The van der Waals surface area contributed by atoms with Crippen molar-refractivity contribution < 1.29 is 0 Å². The molecule has 3 rings (SSSR count). The Morgan fingerprint density at radius 3 is 1.33 bits per heavy atom. The second-order valence-electron chi connectivity index (χ2n) is 5.24. The van der Waals surface area contributed by atoms with Gasteiger partial charge in [-0.15, -0.1) is 46.7 Å². The smallest absolute Gasteiger partial charge is 0.130 e. The first kappa shape index (κ1) is 15.6. The van der Waals surface area contributed by atoms with Crippen molar-refractivity contribution in [3.63, 3.8) is 0 Å².